The maximum atomic E-state index is 12.3. The predicted octanol–water partition coefficient (Wildman–Crippen LogP) is 0.925. The third-order valence-corrected chi connectivity index (χ3v) is 2.12. The SMILES string of the molecule is NN1CCc2noc(C(F)(F)F)c2C1. The molecule has 4 nitrogen and oxygen atoms in total. The summed E-state index contributed by atoms with van der Waals surface area (Å²) in [4.78, 5) is 0. The van der Waals surface area contributed by atoms with Crippen molar-refractivity contribution in [3.63, 3.8) is 0 Å². The quantitative estimate of drug-likeness (QED) is 0.643. The molecule has 14 heavy (non-hydrogen) atoms. The molecule has 0 bridgehead atoms. The highest BCUT2D eigenvalue weighted by Gasteiger charge is 2.41. The molecule has 0 amide bonds. The standard InChI is InChI=1S/C7H8F3N3O/c8-7(9,10)6-4-3-13(11)2-1-5(4)12-14-6/h1-3,11H2. The van der Waals surface area contributed by atoms with Crippen molar-refractivity contribution in [3.05, 3.63) is 17.0 Å². The minimum Gasteiger partial charge on any atom is -0.351 e. The smallest absolute Gasteiger partial charge is 0.351 e. The van der Waals surface area contributed by atoms with Crippen molar-refractivity contribution in [2.75, 3.05) is 6.54 Å². The number of alkyl halides is 3. The molecule has 0 saturated heterocycles. The lowest BCUT2D eigenvalue weighted by Gasteiger charge is -2.20. The molecule has 0 spiro atoms. The van der Waals surface area contributed by atoms with Crippen LogP contribution in [0.1, 0.15) is 17.0 Å². The van der Waals surface area contributed by atoms with Crippen molar-refractivity contribution in [3.8, 4) is 0 Å². The highest BCUT2D eigenvalue weighted by atomic mass is 19.4. The van der Waals surface area contributed by atoms with E-state index in [0.717, 1.165) is 0 Å². The summed E-state index contributed by atoms with van der Waals surface area (Å²) in [5.74, 6) is 4.39. The number of nitrogens with zero attached hydrogens (tertiary/aromatic N) is 2. The Hall–Kier alpha value is -1.08. The van der Waals surface area contributed by atoms with E-state index in [-0.39, 0.29) is 12.1 Å². The summed E-state index contributed by atoms with van der Waals surface area (Å²) in [5.41, 5.74) is 0.422. The van der Waals surface area contributed by atoms with Crippen LogP contribution in [-0.2, 0) is 19.1 Å². The largest absolute Gasteiger partial charge is 0.452 e. The van der Waals surface area contributed by atoms with Crippen molar-refractivity contribution >= 4 is 0 Å². The summed E-state index contributed by atoms with van der Waals surface area (Å²) in [6.07, 6.45) is -4.09. The molecule has 7 heteroatoms. The van der Waals surface area contributed by atoms with E-state index >= 15 is 0 Å². The van der Waals surface area contributed by atoms with Crippen LogP contribution in [0.2, 0.25) is 0 Å². The van der Waals surface area contributed by atoms with Gasteiger partial charge in [-0.15, -0.1) is 0 Å². The van der Waals surface area contributed by atoms with Gasteiger partial charge in [0, 0.05) is 25.1 Å². The predicted molar refractivity (Wildman–Crippen MR) is 39.8 cm³/mol. The normalized spacial score (nSPS) is 18.3. The molecule has 1 aliphatic rings. The first-order valence-electron chi connectivity index (χ1n) is 4.03. The van der Waals surface area contributed by atoms with E-state index in [4.69, 9.17) is 5.84 Å². The third kappa shape index (κ3) is 1.48. The van der Waals surface area contributed by atoms with Crippen LogP contribution in [0.4, 0.5) is 13.2 Å². The Kier molecular flexibility index (Phi) is 2.00. The fourth-order valence-corrected chi connectivity index (χ4v) is 1.46. The number of aromatic nitrogens is 1. The Morgan fingerprint density at radius 1 is 1.43 bits per heavy atom. The maximum absolute atomic E-state index is 12.3. The molecule has 2 rings (SSSR count). The Labute approximate surface area is 77.4 Å². The summed E-state index contributed by atoms with van der Waals surface area (Å²) < 4.78 is 41.3. The van der Waals surface area contributed by atoms with Crippen LogP contribution in [0.25, 0.3) is 0 Å². The molecule has 0 aliphatic carbocycles. The molecule has 1 aliphatic heterocycles. The van der Waals surface area contributed by atoms with Crippen molar-refractivity contribution in [1.82, 2.24) is 10.2 Å². The van der Waals surface area contributed by atoms with E-state index in [0.29, 0.717) is 18.7 Å². The van der Waals surface area contributed by atoms with E-state index in [2.05, 4.69) is 9.68 Å². The summed E-state index contributed by atoms with van der Waals surface area (Å²) >= 11 is 0. The molecule has 0 fully saturated rings. The Balaban J connectivity index is 2.41. The van der Waals surface area contributed by atoms with Gasteiger partial charge in [-0.05, 0) is 0 Å². The first kappa shape index (κ1) is 9.47. The van der Waals surface area contributed by atoms with Gasteiger partial charge in [0.25, 0.3) is 0 Å². The number of hydrogen-bond donors (Lipinski definition) is 1. The summed E-state index contributed by atoms with van der Waals surface area (Å²) in [6, 6.07) is 0. The van der Waals surface area contributed by atoms with Crippen LogP contribution in [-0.4, -0.2) is 16.7 Å². The van der Waals surface area contributed by atoms with Gasteiger partial charge in [0.05, 0.1) is 5.69 Å². The third-order valence-electron chi connectivity index (χ3n) is 2.12. The summed E-state index contributed by atoms with van der Waals surface area (Å²) in [5, 5.41) is 4.69. The average molecular weight is 207 g/mol. The van der Waals surface area contributed by atoms with E-state index in [1.54, 1.807) is 0 Å². The number of rotatable bonds is 0. The zero-order valence-corrected chi connectivity index (χ0v) is 7.14. The van der Waals surface area contributed by atoms with Crippen molar-refractivity contribution < 1.29 is 17.7 Å². The van der Waals surface area contributed by atoms with E-state index in [9.17, 15) is 13.2 Å². The van der Waals surface area contributed by atoms with Gasteiger partial charge in [-0.1, -0.05) is 5.16 Å². The minimum atomic E-state index is -4.49. The van der Waals surface area contributed by atoms with Gasteiger partial charge in [0.1, 0.15) is 0 Å². The molecule has 78 valence electrons. The van der Waals surface area contributed by atoms with Crippen LogP contribution in [0.3, 0.4) is 0 Å². The summed E-state index contributed by atoms with van der Waals surface area (Å²) in [6.45, 7) is 0.532. The molecule has 0 unspecified atom stereocenters. The Morgan fingerprint density at radius 3 is 2.79 bits per heavy atom. The number of halogens is 3. The Bertz CT molecular complexity index is 346. The van der Waals surface area contributed by atoms with Crippen LogP contribution in [0, 0.1) is 0 Å². The average Bonchev–Trinajstić information content (AvgIpc) is 2.45. The van der Waals surface area contributed by atoms with Crippen molar-refractivity contribution in [1.29, 1.82) is 0 Å². The molecule has 1 aromatic heterocycles. The van der Waals surface area contributed by atoms with Crippen LogP contribution in [0.5, 0.6) is 0 Å². The fraction of sp³-hybridized carbons (Fsp3) is 0.571. The molecule has 0 saturated carbocycles. The van der Waals surface area contributed by atoms with Gasteiger partial charge in [-0.2, -0.15) is 13.2 Å². The van der Waals surface area contributed by atoms with Gasteiger partial charge in [-0.25, -0.2) is 5.01 Å². The Morgan fingerprint density at radius 2 is 2.14 bits per heavy atom. The van der Waals surface area contributed by atoms with Crippen molar-refractivity contribution in [2.45, 2.75) is 19.1 Å². The molecule has 2 heterocycles. The number of hydrogen-bond acceptors (Lipinski definition) is 4. The molecular weight excluding hydrogens is 199 g/mol. The van der Waals surface area contributed by atoms with Crippen LogP contribution < -0.4 is 5.84 Å². The maximum Gasteiger partial charge on any atom is 0.452 e. The molecule has 0 radical (unpaired) electrons. The fourth-order valence-electron chi connectivity index (χ4n) is 1.46. The van der Waals surface area contributed by atoms with E-state index < -0.39 is 11.9 Å². The molecule has 2 N–H and O–H groups in total. The number of hydrazine groups is 1. The molecule has 1 aromatic rings. The van der Waals surface area contributed by atoms with Gasteiger partial charge in [0.2, 0.25) is 5.76 Å². The van der Waals surface area contributed by atoms with Crippen molar-refractivity contribution in [2.24, 2.45) is 5.84 Å². The zero-order valence-electron chi connectivity index (χ0n) is 7.14. The minimum absolute atomic E-state index is 0.0354. The topological polar surface area (TPSA) is 55.3 Å². The molecule has 0 aromatic carbocycles. The van der Waals surface area contributed by atoms with Crippen LogP contribution in [0.15, 0.2) is 4.52 Å². The monoisotopic (exact) mass is 207 g/mol. The highest BCUT2D eigenvalue weighted by molar-refractivity contribution is 5.26. The number of fused-ring (bicyclic) bond motifs is 1. The molecular formula is C7H8F3N3O. The summed E-state index contributed by atoms with van der Waals surface area (Å²) in [7, 11) is 0. The van der Waals surface area contributed by atoms with E-state index in [1.807, 2.05) is 0 Å². The first-order chi connectivity index (χ1) is 6.48. The lowest BCUT2D eigenvalue weighted by atomic mass is 10.1. The van der Waals surface area contributed by atoms with Gasteiger partial charge >= 0.3 is 6.18 Å². The lowest BCUT2D eigenvalue weighted by Crippen LogP contribution is -2.36. The second kappa shape index (κ2) is 2.96. The number of nitrogens with two attached hydrogens (primary N) is 1. The van der Waals surface area contributed by atoms with Gasteiger partial charge < -0.3 is 4.52 Å². The zero-order chi connectivity index (χ0) is 10.3. The van der Waals surface area contributed by atoms with E-state index in [1.165, 1.54) is 5.01 Å². The first-order valence-corrected chi connectivity index (χ1v) is 4.03. The highest BCUT2D eigenvalue weighted by Crippen LogP contribution is 2.35. The van der Waals surface area contributed by atoms with Gasteiger partial charge in [0.15, 0.2) is 0 Å². The van der Waals surface area contributed by atoms with Gasteiger partial charge in [-0.3, -0.25) is 5.84 Å². The second-order valence-corrected chi connectivity index (χ2v) is 3.16. The second-order valence-electron chi connectivity index (χ2n) is 3.16. The lowest BCUT2D eigenvalue weighted by molar-refractivity contribution is -0.156. The molecule has 0 atom stereocenters. The van der Waals surface area contributed by atoms with Crippen LogP contribution >= 0.6 is 0 Å².